The number of hydrogen-bond acceptors (Lipinski definition) is 5. The quantitative estimate of drug-likeness (QED) is 0.346. The van der Waals surface area contributed by atoms with Gasteiger partial charge in [0.25, 0.3) is 0 Å². The van der Waals surface area contributed by atoms with Gasteiger partial charge in [0.15, 0.2) is 0 Å². The number of hydrogen-bond donors (Lipinski definition) is 2. The van der Waals surface area contributed by atoms with Crippen LogP contribution in [-0.4, -0.2) is 15.9 Å². The molecule has 4 aromatic rings. The number of para-hydroxylation sites is 1. The molecule has 2 N–H and O–H groups in total. The Hall–Kier alpha value is -3.97. The summed E-state index contributed by atoms with van der Waals surface area (Å²) in [5.41, 5.74) is 2.02. The van der Waals surface area contributed by atoms with Crippen molar-refractivity contribution in [3.8, 4) is 5.75 Å². The SMILES string of the molecule is C=CC(=O)Nc1nc(Nc2ccc(OCc3cccc(F)c3)c(Cl)c2)c2ccccc2n1. The zero-order valence-corrected chi connectivity index (χ0v) is 17.6. The van der Waals surface area contributed by atoms with Crippen molar-refractivity contribution in [1.82, 2.24) is 9.97 Å². The normalized spacial score (nSPS) is 10.6. The van der Waals surface area contributed by atoms with Gasteiger partial charge in [-0.15, -0.1) is 0 Å². The Morgan fingerprint density at radius 2 is 1.94 bits per heavy atom. The molecule has 0 saturated heterocycles. The smallest absolute Gasteiger partial charge is 0.250 e. The molecule has 1 amide bonds. The Morgan fingerprint density at radius 3 is 2.72 bits per heavy atom. The molecule has 1 aromatic heterocycles. The average Bonchev–Trinajstić information content (AvgIpc) is 2.78. The number of ether oxygens (including phenoxy) is 1. The molecule has 6 nitrogen and oxygen atoms in total. The van der Waals surface area contributed by atoms with Crippen LogP contribution in [0.25, 0.3) is 10.9 Å². The molecule has 0 saturated carbocycles. The maximum absolute atomic E-state index is 13.3. The summed E-state index contributed by atoms with van der Waals surface area (Å²) in [7, 11) is 0. The maximum atomic E-state index is 13.3. The highest BCUT2D eigenvalue weighted by Crippen LogP contribution is 2.31. The zero-order valence-electron chi connectivity index (χ0n) is 16.8. The second-order valence-electron chi connectivity index (χ2n) is 6.80. The molecule has 32 heavy (non-hydrogen) atoms. The third-order valence-electron chi connectivity index (χ3n) is 4.50. The standard InChI is InChI=1S/C24H18ClFN4O2/c1-2-22(31)29-24-28-20-9-4-3-8-18(20)23(30-24)27-17-10-11-21(19(25)13-17)32-14-15-6-5-7-16(26)12-15/h2-13H,1,14H2,(H2,27,28,29,30,31). The Kier molecular flexibility index (Phi) is 6.28. The fourth-order valence-corrected chi connectivity index (χ4v) is 3.24. The van der Waals surface area contributed by atoms with Crippen LogP contribution in [0.4, 0.5) is 21.8 Å². The topological polar surface area (TPSA) is 76.1 Å². The lowest BCUT2D eigenvalue weighted by Gasteiger charge is -2.13. The summed E-state index contributed by atoms with van der Waals surface area (Å²) < 4.78 is 19.1. The molecule has 0 spiro atoms. The van der Waals surface area contributed by atoms with Gasteiger partial charge in [-0.25, -0.2) is 9.37 Å². The van der Waals surface area contributed by atoms with Gasteiger partial charge in [-0.3, -0.25) is 10.1 Å². The highest BCUT2D eigenvalue weighted by Gasteiger charge is 2.11. The molecular weight excluding hydrogens is 431 g/mol. The van der Waals surface area contributed by atoms with Gasteiger partial charge in [0.1, 0.15) is 24.0 Å². The highest BCUT2D eigenvalue weighted by atomic mass is 35.5. The van der Waals surface area contributed by atoms with Crippen LogP contribution in [0.1, 0.15) is 5.56 Å². The van der Waals surface area contributed by atoms with E-state index in [0.29, 0.717) is 33.4 Å². The first kappa shape index (κ1) is 21.3. The van der Waals surface area contributed by atoms with Crippen molar-refractivity contribution >= 4 is 45.9 Å². The van der Waals surface area contributed by atoms with Crippen LogP contribution in [0, 0.1) is 5.82 Å². The van der Waals surface area contributed by atoms with Gasteiger partial charge >= 0.3 is 0 Å². The van der Waals surface area contributed by atoms with Crippen molar-refractivity contribution in [3.63, 3.8) is 0 Å². The number of nitrogens with one attached hydrogen (secondary N) is 2. The number of anilines is 3. The van der Waals surface area contributed by atoms with E-state index in [9.17, 15) is 9.18 Å². The minimum atomic E-state index is -0.408. The van der Waals surface area contributed by atoms with E-state index in [-0.39, 0.29) is 18.4 Å². The molecule has 3 aromatic carbocycles. The first-order valence-corrected chi connectivity index (χ1v) is 10.0. The minimum absolute atomic E-state index is 0.150. The number of amides is 1. The van der Waals surface area contributed by atoms with Crippen LogP contribution >= 0.6 is 11.6 Å². The summed E-state index contributed by atoms with van der Waals surface area (Å²) in [5, 5.41) is 6.93. The highest BCUT2D eigenvalue weighted by molar-refractivity contribution is 6.32. The molecule has 0 unspecified atom stereocenters. The van der Waals surface area contributed by atoms with E-state index < -0.39 is 5.91 Å². The van der Waals surface area contributed by atoms with Gasteiger partial charge in [0.05, 0.1) is 10.5 Å². The van der Waals surface area contributed by atoms with E-state index in [1.54, 1.807) is 30.3 Å². The Bertz CT molecular complexity index is 1310. The van der Waals surface area contributed by atoms with Crippen LogP contribution in [0.5, 0.6) is 5.75 Å². The first-order chi connectivity index (χ1) is 15.5. The van der Waals surface area contributed by atoms with E-state index >= 15 is 0 Å². The number of halogens is 2. The predicted octanol–water partition coefficient (Wildman–Crippen LogP) is 5.87. The molecule has 0 bridgehead atoms. The fourth-order valence-electron chi connectivity index (χ4n) is 3.01. The Morgan fingerprint density at radius 1 is 1.09 bits per heavy atom. The third kappa shape index (κ3) is 5.01. The van der Waals surface area contributed by atoms with Crippen molar-refractivity contribution in [3.05, 3.63) is 95.8 Å². The van der Waals surface area contributed by atoms with Crippen molar-refractivity contribution in [2.45, 2.75) is 6.61 Å². The van der Waals surface area contributed by atoms with E-state index in [1.807, 2.05) is 24.3 Å². The third-order valence-corrected chi connectivity index (χ3v) is 4.80. The number of aromatic nitrogens is 2. The summed E-state index contributed by atoms with van der Waals surface area (Å²) in [6, 6.07) is 18.8. The molecule has 0 aliphatic carbocycles. The van der Waals surface area contributed by atoms with E-state index in [2.05, 4.69) is 27.2 Å². The lowest BCUT2D eigenvalue weighted by molar-refractivity contribution is -0.111. The molecule has 1 heterocycles. The minimum Gasteiger partial charge on any atom is -0.487 e. The van der Waals surface area contributed by atoms with Gasteiger partial charge in [-0.2, -0.15) is 4.98 Å². The summed E-state index contributed by atoms with van der Waals surface area (Å²) in [6.45, 7) is 3.63. The molecular formula is C24H18ClFN4O2. The first-order valence-electron chi connectivity index (χ1n) is 9.66. The zero-order chi connectivity index (χ0) is 22.5. The summed E-state index contributed by atoms with van der Waals surface area (Å²) in [5.74, 6) is 0.385. The number of carbonyl (C=O) groups is 1. The van der Waals surface area contributed by atoms with Gasteiger partial charge in [-0.05, 0) is 54.1 Å². The monoisotopic (exact) mass is 448 g/mol. The van der Waals surface area contributed by atoms with E-state index in [4.69, 9.17) is 16.3 Å². The number of nitrogens with zero attached hydrogens (tertiary/aromatic N) is 2. The molecule has 0 aliphatic rings. The molecule has 0 fully saturated rings. The second-order valence-corrected chi connectivity index (χ2v) is 7.20. The molecule has 160 valence electrons. The molecule has 0 radical (unpaired) electrons. The Labute approximate surface area is 188 Å². The molecule has 0 aliphatic heterocycles. The van der Waals surface area contributed by atoms with Crippen LogP contribution in [-0.2, 0) is 11.4 Å². The summed E-state index contributed by atoms with van der Waals surface area (Å²) in [4.78, 5) is 20.4. The second kappa shape index (κ2) is 9.45. The lowest BCUT2D eigenvalue weighted by atomic mass is 10.2. The lowest BCUT2D eigenvalue weighted by Crippen LogP contribution is -2.11. The molecule has 4 rings (SSSR count). The van der Waals surface area contributed by atoms with Crippen LogP contribution in [0.2, 0.25) is 5.02 Å². The average molecular weight is 449 g/mol. The number of carbonyl (C=O) groups excluding carboxylic acids is 1. The summed E-state index contributed by atoms with van der Waals surface area (Å²) in [6.07, 6.45) is 1.15. The largest absolute Gasteiger partial charge is 0.487 e. The fraction of sp³-hybridized carbons (Fsp3) is 0.0417. The van der Waals surface area contributed by atoms with Gasteiger partial charge < -0.3 is 10.1 Å². The van der Waals surface area contributed by atoms with Gasteiger partial charge in [0.2, 0.25) is 11.9 Å². The number of benzene rings is 3. The predicted molar refractivity (Wildman–Crippen MR) is 124 cm³/mol. The van der Waals surface area contributed by atoms with Crippen molar-refractivity contribution in [1.29, 1.82) is 0 Å². The maximum Gasteiger partial charge on any atom is 0.250 e. The van der Waals surface area contributed by atoms with Crippen LogP contribution in [0.3, 0.4) is 0 Å². The number of rotatable bonds is 7. The molecule has 8 heteroatoms. The van der Waals surface area contributed by atoms with E-state index in [0.717, 1.165) is 11.5 Å². The van der Waals surface area contributed by atoms with E-state index in [1.165, 1.54) is 12.1 Å². The van der Waals surface area contributed by atoms with Gasteiger partial charge in [-0.1, -0.05) is 42.4 Å². The van der Waals surface area contributed by atoms with Crippen molar-refractivity contribution in [2.75, 3.05) is 10.6 Å². The Balaban J connectivity index is 1.56. The summed E-state index contributed by atoms with van der Waals surface area (Å²) >= 11 is 6.39. The molecule has 0 atom stereocenters. The van der Waals surface area contributed by atoms with Crippen LogP contribution < -0.4 is 15.4 Å². The van der Waals surface area contributed by atoms with Crippen LogP contribution in [0.15, 0.2) is 79.4 Å². The van der Waals surface area contributed by atoms with Crippen molar-refractivity contribution in [2.24, 2.45) is 0 Å². The number of fused-ring (bicyclic) bond motifs is 1. The van der Waals surface area contributed by atoms with Crippen molar-refractivity contribution < 1.29 is 13.9 Å². The van der Waals surface area contributed by atoms with Gasteiger partial charge in [0, 0.05) is 11.1 Å².